The van der Waals surface area contributed by atoms with Gasteiger partial charge in [-0.2, -0.15) is 8.42 Å². The van der Waals surface area contributed by atoms with E-state index in [9.17, 15) is 8.42 Å². The predicted octanol–water partition coefficient (Wildman–Crippen LogP) is 4.40. The van der Waals surface area contributed by atoms with E-state index in [0.717, 1.165) is 24.6 Å². The van der Waals surface area contributed by atoms with Gasteiger partial charge in [0.15, 0.2) is 0 Å². The molecule has 5 heteroatoms. The number of hydrogen-bond acceptors (Lipinski definition) is 4. The average molecular weight is 347 g/mol. The van der Waals surface area contributed by atoms with Crippen LogP contribution in [-0.4, -0.2) is 19.5 Å². The maximum atomic E-state index is 12.9. The molecule has 1 saturated carbocycles. The lowest BCUT2D eigenvalue weighted by molar-refractivity contribution is 0.0512. The van der Waals surface area contributed by atoms with Gasteiger partial charge in [-0.05, 0) is 42.7 Å². The molecule has 1 aromatic heterocycles. The topological polar surface area (TPSA) is 56.3 Å². The van der Waals surface area contributed by atoms with Gasteiger partial charge in [-0.1, -0.05) is 45.4 Å². The van der Waals surface area contributed by atoms with E-state index in [0.29, 0.717) is 17.4 Å². The van der Waals surface area contributed by atoms with Crippen LogP contribution in [0.1, 0.15) is 40.0 Å². The van der Waals surface area contributed by atoms with Crippen molar-refractivity contribution in [2.75, 3.05) is 0 Å². The van der Waals surface area contributed by atoms with Crippen molar-refractivity contribution in [3.05, 3.63) is 36.5 Å². The van der Waals surface area contributed by atoms with E-state index >= 15 is 0 Å². The first-order valence-electron chi connectivity index (χ1n) is 8.65. The van der Waals surface area contributed by atoms with Gasteiger partial charge in [-0.25, -0.2) is 0 Å². The molecule has 1 aliphatic rings. The minimum absolute atomic E-state index is 0.168. The molecular weight excluding hydrogens is 322 g/mol. The quantitative estimate of drug-likeness (QED) is 0.769. The lowest BCUT2D eigenvalue weighted by atomic mass is 9.75. The van der Waals surface area contributed by atoms with Crippen molar-refractivity contribution in [1.82, 2.24) is 4.98 Å². The maximum Gasteiger partial charge on any atom is 0.299 e. The minimum Gasteiger partial charge on any atom is -0.263 e. The highest BCUT2D eigenvalue weighted by molar-refractivity contribution is 7.87. The zero-order valence-corrected chi connectivity index (χ0v) is 15.3. The van der Waals surface area contributed by atoms with Crippen LogP contribution in [0.25, 0.3) is 10.9 Å². The third kappa shape index (κ3) is 3.47. The van der Waals surface area contributed by atoms with Gasteiger partial charge in [0.1, 0.15) is 4.90 Å². The molecule has 2 aromatic rings. The van der Waals surface area contributed by atoms with Crippen molar-refractivity contribution in [2.24, 2.45) is 17.8 Å². The molecule has 0 unspecified atom stereocenters. The summed E-state index contributed by atoms with van der Waals surface area (Å²) < 4.78 is 31.6. The molecule has 4 nitrogen and oxygen atoms in total. The maximum absolute atomic E-state index is 12.9. The number of hydrogen-bond donors (Lipinski definition) is 0. The van der Waals surface area contributed by atoms with Gasteiger partial charge in [-0.3, -0.25) is 9.17 Å². The molecule has 1 aromatic carbocycles. The standard InChI is InChI=1S/C19H25NO3S/c1-13(2)16-10-9-14(3)12-17(16)23-24(21,22)18-8-4-6-15-7-5-11-20-19(15)18/h4-8,11,13-14,16-17H,9-10,12H2,1-3H3/t14-,16+,17-/m1/s1. The van der Waals surface area contributed by atoms with Crippen LogP contribution in [0.4, 0.5) is 0 Å². The van der Waals surface area contributed by atoms with Crippen molar-refractivity contribution in [1.29, 1.82) is 0 Å². The molecule has 0 spiro atoms. The second-order valence-electron chi connectivity index (χ2n) is 7.25. The normalized spacial score (nSPS) is 25.2. The number of para-hydroxylation sites is 1. The van der Waals surface area contributed by atoms with Crippen molar-refractivity contribution in [2.45, 2.75) is 51.0 Å². The highest BCUT2D eigenvalue weighted by Gasteiger charge is 2.35. The van der Waals surface area contributed by atoms with E-state index in [4.69, 9.17) is 4.18 Å². The molecule has 24 heavy (non-hydrogen) atoms. The lowest BCUT2D eigenvalue weighted by Gasteiger charge is -2.36. The summed E-state index contributed by atoms with van der Waals surface area (Å²) in [5, 5.41) is 0.805. The molecule has 0 bridgehead atoms. The Balaban J connectivity index is 1.95. The van der Waals surface area contributed by atoms with Crippen molar-refractivity contribution in [3.63, 3.8) is 0 Å². The van der Waals surface area contributed by atoms with Crippen LogP contribution in [0.15, 0.2) is 41.4 Å². The largest absolute Gasteiger partial charge is 0.299 e. The van der Waals surface area contributed by atoms with Crippen molar-refractivity contribution in [3.8, 4) is 0 Å². The fourth-order valence-corrected chi connectivity index (χ4v) is 5.02. The monoisotopic (exact) mass is 347 g/mol. The zero-order valence-electron chi connectivity index (χ0n) is 14.5. The molecule has 0 N–H and O–H groups in total. The Morgan fingerprint density at radius 2 is 1.92 bits per heavy atom. The summed E-state index contributed by atoms with van der Waals surface area (Å²) in [6, 6.07) is 8.85. The molecule has 1 heterocycles. The first-order valence-corrected chi connectivity index (χ1v) is 10.1. The number of fused-ring (bicyclic) bond motifs is 1. The van der Waals surface area contributed by atoms with Crippen LogP contribution < -0.4 is 0 Å². The Morgan fingerprint density at radius 1 is 1.17 bits per heavy atom. The highest BCUT2D eigenvalue weighted by Crippen LogP contribution is 2.37. The highest BCUT2D eigenvalue weighted by atomic mass is 32.2. The Hall–Kier alpha value is -1.46. The summed E-state index contributed by atoms with van der Waals surface area (Å²) >= 11 is 0. The van der Waals surface area contributed by atoms with E-state index < -0.39 is 10.1 Å². The Kier molecular flexibility index (Phi) is 4.92. The Morgan fingerprint density at radius 3 is 2.67 bits per heavy atom. The number of nitrogens with zero attached hydrogens (tertiary/aromatic N) is 1. The van der Waals surface area contributed by atoms with E-state index in [1.807, 2.05) is 12.1 Å². The molecule has 1 fully saturated rings. The second-order valence-corrected chi connectivity index (χ2v) is 8.79. The minimum atomic E-state index is -3.84. The molecule has 0 saturated heterocycles. The number of aromatic nitrogens is 1. The van der Waals surface area contributed by atoms with E-state index in [-0.39, 0.29) is 16.9 Å². The molecule has 0 radical (unpaired) electrons. The summed E-state index contributed by atoms with van der Waals surface area (Å²) in [6.45, 7) is 6.45. The summed E-state index contributed by atoms with van der Waals surface area (Å²) in [7, 11) is -3.84. The third-order valence-electron chi connectivity index (χ3n) is 5.08. The molecule has 0 amide bonds. The van der Waals surface area contributed by atoms with Crippen LogP contribution >= 0.6 is 0 Å². The Labute approximate surface area is 144 Å². The van der Waals surface area contributed by atoms with Crippen molar-refractivity contribution >= 4 is 21.0 Å². The molecule has 3 atom stereocenters. The average Bonchev–Trinajstić information content (AvgIpc) is 2.53. The van der Waals surface area contributed by atoms with E-state index in [2.05, 4.69) is 25.8 Å². The summed E-state index contributed by atoms with van der Waals surface area (Å²) in [5.74, 6) is 1.17. The molecular formula is C19H25NO3S. The fraction of sp³-hybridized carbons (Fsp3) is 0.526. The number of rotatable bonds is 4. The third-order valence-corrected chi connectivity index (χ3v) is 6.45. The van der Waals surface area contributed by atoms with Gasteiger partial charge < -0.3 is 0 Å². The molecule has 3 rings (SSSR count). The van der Waals surface area contributed by atoms with Crippen LogP contribution in [0.5, 0.6) is 0 Å². The van der Waals surface area contributed by atoms with E-state index in [1.54, 1.807) is 24.4 Å². The molecule has 0 aliphatic heterocycles. The number of benzene rings is 1. The first kappa shape index (κ1) is 17.4. The van der Waals surface area contributed by atoms with Crippen LogP contribution in [0, 0.1) is 17.8 Å². The summed E-state index contributed by atoms with van der Waals surface area (Å²) in [5.41, 5.74) is 0.477. The lowest BCUT2D eigenvalue weighted by Crippen LogP contribution is -2.35. The second kappa shape index (κ2) is 6.81. The van der Waals surface area contributed by atoms with Crippen molar-refractivity contribution < 1.29 is 12.6 Å². The van der Waals surface area contributed by atoms with Gasteiger partial charge in [0.25, 0.3) is 10.1 Å². The van der Waals surface area contributed by atoms with Crippen LogP contribution in [-0.2, 0) is 14.3 Å². The van der Waals surface area contributed by atoms with Crippen LogP contribution in [0.2, 0.25) is 0 Å². The van der Waals surface area contributed by atoms with Gasteiger partial charge >= 0.3 is 0 Å². The van der Waals surface area contributed by atoms with Gasteiger partial charge in [-0.15, -0.1) is 0 Å². The zero-order chi connectivity index (χ0) is 17.3. The molecule has 1 aliphatic carbocycles. The van der Waals surface area contributed by atoms with Gasteiger partial charge in [0.05, 0.1) is 11.6 Å². The van der Waals surface area contributed by atoms with Gasteiger partial charge in [0.2, 0.25) is 0 Å². The fourth-order valence-electron chi connectivity index (χ4n) is 3.72. The summed E-state index contributed by atoms with van der Waals surface area (Å²) in [6.07, 6.45) is 4.31. The first-order chi connectivity index (χ1) is 11.4. The SMILES string of the molecule is CC(C)[C@@H]1CC[C@@H](C)C[C@H]1OS(=O)(=O)c1cccc2cccnc12. The number of pyridine rings is 1. The van der Waals surface area contributed by atoms with Crippen LogP contribution in [0.3, 0.4) is 0 Å². The predicted molar refractivity (Wildman–Crippen MR) is 95.1 cm³/mol. The molecule has 130 valence electrons. The Bertz CT molecular complexity index is 811. The smallest absolute Gasteiger partial charge is 0.263 e. The van der Waals surface area contributed by atoms with Gasteiger partial charge in [0, 0.05) is 11.6 Å². The summed E-state index contributed by atoms with van der Waals surface area (Å²) in [4.78, 5) is 4.42. The van der Waals surface area contributed by atoms with E-state index in [1.165, 1.54) is 0 Å².